The van der Waals surface area contributed by atoms with Crippen molar-refractivity contribution in [2.45, 2.75) is 5.75 Å². The summed E-state index contributed by atoms with van der Waals surface area (Å²) in [4.78, 5) is 9.34. The fraction of sp³-hybridized carbons (Fsp3) is 0.500. The Labute approximate surface area is 138 Å². The van der Waals surface area contributed by atoms with Crippen molar-refractivity contribution in [2.24, 2.45) is 21.5 Å². The van der Waals surface area contributed by atoms with Gasteiger partial charge in [0.05, 0.1) is 12.2 Å². The summed E-state index contributed by atoms with van der Waals surface area (Å²) in [6, 6.07) is 2.02. The number of guanidine groups is 2. The molecule has 1 heterocycles. The van der Waals surface area contributed by atoms with E-state index in [-0.39, 0.29) is 5.96 Å². The summed E-state index contributed by atoms with van der Waals surface area (Å²) in [5.74, 6) is 2.37. The van der Waals surface area contributed by atoms with Crippen LogP contribution in [0.4, 0.5) is 0 Å². The van der Waals surface area contributed by atoms with E-state index < -0.39 is 0 Å². The smallest absolute Gasteiger partial charge is 0.209 e. The van der Waals surface area contributed by atoms with Crippen LogP contribution in [0.1, 0.15) is 5.69 Å². The second-order valence-electron chi connectivity index (χ2n) is 4.23. The van der Waals surface area contributed by atoms with Crippen LogP contribution in [0, 0.1) is 11.5 Å². The van der Waals surface area contributed by atoms with Crippen LogP contribution in [0.3, 0.4) is 0 Å². The monoisotopic (exact) mass is 340 g/mol. The molecule has 1 rings (SSSR count). The second kappa shape index (κ2) is 10.7. The number of rotatable bonds is 8. The third kappa shape index (κ3) is 7.70. The maximum atomic E-state index is 8.40. The van der Waals surface area contributed by atoms with E-state index in [1.807, 2.05) is 11.4 Å². The average Bonchev–Trinajstić information content (AvgIpc) is 3.00. The Balaban J connectivity index is 2.10. The average molecular weight is 340 g/mol. The summed E-state index contributed by atoms with van der Waals surface area (Å²) in [7, 11) is 1.75. The molecule has 5 N–H and O–H groups in total. The Hall–Kier alpha value is -1.99. The van der Waals surface area contributed by atoms with Crippen LogP contribution < -0.4 is 16.8 Å². The maximum absolute atomic E-state index is 8.40. The van der Waals surface area contributed by atoms with Crippen LogP contribution in [0.5, 0.6) is 0 Å². The fourth-order valence-electron chi connectivity index (χ4n) is 1.38. The summed E-state index contributed by atoms with van der Waals surface area (Å²) in [5.41, 5.74) is 12.4. The summed E-state index contributed by atoms with van der Waals surface area (Å²) >= 11 is 3.24. The van der Waals surface area contributed by atoms with Gasteiger partial charge in [-0.1, -0.05) is 0 Å². The number of nitrogens with two attached hydrogens (primary N) is 2. The number of nitrogens with one attached hydrogen (secondary N) is 1. The van der Waals surface area contributed by atoms with E-state index in [2.05, 4.69) is 19.7 Å². The zero-order chi connectivity index (χ0) is 16.2. The molecule has 120 valence electrons. The molecule has 0 atom stereocenters. The van der Waals surface area contributed by atoms with Gasteiger partial charge in [-0.05, 0) is 17.6 Å². The molecule has 0 amide bonds. The van der Waals surface area contributed by atoms with Gasteiger partial charge in [0.15, 0.2) is 5.96 Å². The molecular weight excluding hydrogens is 320 g/mol. The summed E-state index contributed by atoms with van der Waals surface area (Å²) in [6.45, 7) is 1.80. The molecule has 1 aromatic heterocycles. The van der Waals surface area contributed by atoms with Gasteiger partial charge in [0.25, 0.3) is 0 Å². The van der Waals surface area contributed by atoms with Gasteiger partial charge in [-0.3, -0.25) is 4.99 Å². The SMILES string of the molecule is CN(CCNC(N)=NCCSCc1ccsn1)C(N)=NC#N. The van der Waals surface area contributed by atoms with E-state index in [0.717, 1.165) is 17.2 Å². The molecule has 0 aliphatic carbocycles. The highest BCUT2D eigenvalue weighted by Crippen LogP contribution is 2.10. The molecule has 0 unspecified atom stereocenters. The second-order valence-corrected chi connectivity index (χ2v) is 6.00. The van der Waals surface area contributed by atoms with Crippen molar-refractivity contribution in [3.05, 3.63) is 17.1 Å². The number of aromatic nitrogens is 1. The molecular formula is C12H20N8S2. The first-order valence-corrected chi connectivity index (χ1v) is 8.56. The van der Waals surface area contributed by atoms with Crippen LogP contribution in [0.25, 0.3) is 0 Å². The van der Waals surface area contributed by atoms with Gasteiger partial charge >= 0.3 is 0 Å². The van der Waals surface area contributed by atoms with E-state index in [0.29, 0.717) is 25.6 Å². The third-order valence-corrected chi connectivity index (χ3v) is 4.14. The minimum atomic E-state index is 0.179. The van der Waals surface area contributed by atoms with Gasteiger partial charge in [0, 0.05) is 37.0 Å². The van der Waals surface area contributed by atoms with Gasteiger partial charge in [-0.2, -0.15) is 21.4 Å². The summed E-state index contributed by atoms with van der Waals surface area (Å²) < 4.78 is 4.24. The lowest BCUT2D eigenvalue weighted by Crippen LogP contribution is -2.41. The Morgan fingerprint density at radius 3 is 3.09 bits per heavy atom. The third-order valence-electron chi connectivity index (χ3n) is 2.57. The standard InChI is InChI=1S/C12H20N8S2/c1-20(12(15)18-9-13)5-3-16-11(14)17-4-7-21-8-10-2-6-22-19-10/h2,6H,3-5,7-8H2,1H3,(H2,15,18)(H3,14,16,17). The number of thioether (sulfide) groups is 1. The summed E-state index contributed by atoms with van der Waals surface area (Å²) in [5, 5.41) is 13.4. The fourth-order valence-corrected chi connectivity index (χ4v) is 2.73. The number of nitrogens with zero attached hydrogens (tertiary/aromatic N) is 5. The molecule has 0 bridgehead atoms. The van der Waals surface area contributed by atoms with Gasteiger partial charge in [0.2, 0.25) is 12.2 Å². The molecule has 0 aromatic carbocycles. The molecule has 10 heteroatoms. The molecule has 22 heavy (non-hydrogen) atoms. The predicted molar refractivity (Wildman–Crippen MR) is 92.6 cm³/mol. The van der Waals surface area contributed by atoms with Crippen LogP contribution in [-0.2, 0) is 5.75 Å². The Morgan fingerprint density at radius 1 is 1.59 bits per heavy atom. The molecule has 0 spiro atoms. The molecule has 0 aliphatic rings. The predicted octanol–water partition coefficient (Wildman–Crippen LogP) is 0.00818. The van der Waals surface area contributed by atoms with E-state index in [1.165, 1.54) is 11.5 Å². The quantitative estimate of drug-likeness (QED) is 0.263. The minimum absolute atomic E-state index is 0.179. The number of hydrogen-bond acceptors (Lipinski definition) is 6. The van der Waals surface area contributed by atoms with Crippen molar-refractivity contribution in [1.82, 2.24) is 14.6 Å². The first-order chi connectivity index (χ1) is 10.6. The highest BCUT2D eigenvalue weighted by Gasteiger charge is 2.01. The van der Waals surface area contributed by atoms with E-state index >= 15 is 0 Å². The lowest BCUT2D eigenvalue weighted by atomic mass is 10.5. The van der Waals surface area contributed by atoms with Crippen molar-refractivity contribution >= 4 is 35.2 Å². The van der Waals surface area contributed by atoms with E-state index in [4.69, 9.17) is 16.7 Å². The highest BCUT2D eigenvalue weighted by atomic mass is 32.2. The largest absolute Gasteiger partial charge is 0.370 e. The Bertz CT molecular complexity index is 520. The lowest BCUT2D eigenvalue weighted by molar-refractivity contribution is 0.498. The van der Waals surface area contributed by atoms with Gasteiger partial charge in [-0.25, -0.2) is 0 Å². The molecule has 0 aliphatic heterocycles. The van der Waals surface area contributed by atoms with Crippen molar-refractivity contribution in [2.75, 3.05) is 32.4 Å². The number of aliphatic imine (C=N–C) groups is 2. The van der Waals surface area contributed by atoms with Gasteiger partial charge in [0.1, 0.15) is 0 Å². The molecule has 8 nitrogen and oxygen atoms in total. The van der Waals surface area contributed by atoms with E-state index in [1.54, 1.807) is 29.9 Å². The number of hydrogen-bond donors (Lipinski definition) is 3. The molecule has 0 radical (unpaired) electrons. The van der Waals surface area contributed by atoms with Crippen molar-refractivity contribution in [1.29, 1.82) is 5.26 Å². The minimum Gasteiger partial charge on any atom is -0.370 e. The molecule has 0 fully saturated rings. The number of nitriles is 1. The van der Waals surface area contributed by atoms with Crippen molar-refractivity contribution < 1.29 is 0 Å². The van der Waals surface area contributed by atoms with Crippen LogP contribution in [-0.4, -0.2) is 53.6 Å². The Kier molecular flexibility index (Phi) is 8.78. The zero-order valence-corrected chi connectivity index (χ0v) is 14.0. The highest BCUT2D eigenvalue weighted by molar-refractivity contribution is 7.98. The topological polar surface area (TPSA) is 129 Å². The Morgan fingerprint density at radius 2 is 2.41 bits per heavy atom. The molecule has 0 saturated carbocycles. The zero-order valence-electron chi connectivity index (χ0n) is 12.4. The van der Waals surface area contributed by atoms with Crippen LogP contribution >= 0.6 is 23.3 Å². The van der Waals surface area contributed by atoms with E-state index in [9.17, 15) is 0 Å². The number of likely N-dealkylation sites (N-methyl/N-ethyl adjacent to an activating group) is 1. The normalized spacial score (nSPS) is 12.0. The van der Waals surface area contributed by atoms with Gasteiger partial charge in [-0.15, -0.1) is 4.99 Å². The van der Waals surface area contributed by atoms with Crippen LogP contribution in [0.2, 0.25) is 0 Å². The first-order valence-electron chi connectivity index (χ1n) is 6.57. The van der Waals surface area contributed by atoms with Gasteiger partial charge < -0.3 is 21.7 Å². The summed E-state index contributed by atoms with van der Waals surface area (Å²) in [6.07, 6.45) is 1.64. The molecule has 1 aromatic rings. The van der Waals surface area contributed by atoms with Crippen molar-refractivity contribution in [3.8, 4) is 6.19 Å². The lowest BCUT2D eigenvalue weighted by Gasteiger charge is -2.17. The first kappa shape index (κ1) is 18.1. The molecule has 0 saturated heterocycles. The van der Waals surface area contributed by atoms with Crippen molar-refractivity contribution in [3.63, 3.8) is 0 Å². The maximum Gasteiger partial charge on any atom is 0.209 e. The van der Waals surface area contributed by atoms with Crippen LogP contribution in [0.15, 0.2) is 21.4 Å².